The van der Waals surface area contributed by atoms with E-state index >= 15 is 0 Å². The lowest BCUT2D eigenvalue weighted by atomic mass is 10.1. The van der Waals surface area contributed by atoms with Crippen LogP contribution in [0.4, 0.5) is 5.69 Å². The molecule has 126 valence electrons. The fourth-order valence-electron chi connectivity index (χ4n) is 2.29. The van der Waals surface area contributed by atoms with E-state index < -0.39 is 5.91 Å². The lowest BCUT2D eigenvalue weighted by Crippen LogP contribution is -2.13. The Labute approximate surface area is 143 Å². The summed E-state index contributed by atoms with van der Waals surface area (Å²) in [6, 6.07) is 11.1. The average Bonchev–Trinajstić information content (AvgIpc) is 3.09. The first-order valence-corrected chi connectivity index (χ1v) is 7.30. The number of carbonyl (C=O) groups excluding carboxylic acids is 1. The first-order chi connectivity index (χ1) is 12.1. The van der Waals surface area contributed by atoms with Gasteiger partial charge in [0.05, 0.1) is 7.11 Å². The van der Waals surface area contributed by atoms with Gasteiger partial charge < -0.3 is 24.6 Å². The summed E-state index contributed by atoms with van der Waals surface area (Å²) < 4.78 is 15.9. The molecule has 0 saturated heterocycles. The molecular formula is C18H14N2O5. The van der Waals surface area contributed by atoms with Crippen LogP contribution in [-0.2, 0) is 4.79 Å². The van der Waals surface area contributed by atoms with Crippen LogP contribution in [0, 0.1) is 11.3 Å². The molecule has 2 N–H and O–H groups in total. The van der Waals surface area contributed by atoms with Crippen LogP contribution in [0.1, 0.15) is 5.56 Å². The molecule has 0 aliphatic carbocycles. The van der Waals surface area contributed by atoms with Crippen molar-refractivity contribution in [2.75, 3.05) is 19.2 Å². The predicted molar refractivity (Wildman–Crippen MR) is 89.4 cm³/mol. The minimum Gasteiger partial charge on any atom is -0.508 e. The van der Waals surface area contributed by atoms with Gasteiger partial charge in [-0.1, -0.05) is 0 Å². The number of fused-ring (bicyclic) bond motifs is 1. The molecular weight excluding hydrogens is 324 g/mol. The third-order valence-corrected chi connectivity index (χ3v) is 3.48. The zero-order valence-corrected chi connectivity index (χ0v) is 13.3. The maximum Gasteiger partial charge on any atom is 0.266 e. The van der Waals surface area contributed by atoms with Gasteiger partial charge in [0.25, 0.3) is 5.91 Å². The summed E-state index contributed by atoms with van der Waals surface area (Å²) in [6.45, 7) is 0.0886. The molecule has 0 radical (unpaired) electrons. The topological polar surface area (TPSA) is 101 Å². The summed E-state index contributed by atoms with van der Waals surface area (Å²) in [5.74, 6) is 0.956. The molecule has 2 aromatic carbocycles. The van der Waals surface area contributed by atoms with Gasteiger partial charge in [-0.2, -0.15) is 5.26 Å². The maximum absolute atomic E-state index is 12.3. The highest BCUT2D eigenvalue weighted by molar-refractivity contribution is 6.09. The van der Waals surface area contributed by atoms with E-state index in [1.807, 2.05) is 6.07 Å². The molecule has 7 heteroatoms. The Morgan fingerprint density at radius 1 is 1.32 bits per heavy atom. The Hall–Kier alpha value is -3.66. The van der Waals surface area contributed by atoms with Crippen LogP contribution in [0.25, 0.3) is 6.08 Å². The van der Waals surface area contributed by atoms with Crippen LogP contribution < -0.4 is 19.5 Å². The van der Waals surface area contributed by atoms with Crippen molar-refractivity contribution in [3.63, 3.8) is 0 Å². The highest BCUT2D eigenvalue weighted by atomic mass is 16.7. The number of carbonyl (C=O) groups is 1. The van der Waals surface area contributed by atoms with Gasteiger partial charge >= 0.3 is 0 Å². The van der Waals surface area contributed by atoms with Gasteiger partial charge in [0.1, 0.15) is 17.4 Å². The zero-order chi connectivity index (χ0) is 17.8. The average molecular weight is 338 g/mol. The Balaban J connectivity index is 1.86. The number of amides is 1. The van der Waals surface area contributed by atoms with Crippen molar-refractivity contribution in [2.24, 2.45) is 0 Å². The first kappa shape index (κ1) is 16.2. The summed E-state index contributed by atoms with van der Waals surface area (Å²) in [7, 11) is 1.49. The molecule has 1 aliphatic heterocycles. The molecule has 3 rings (SSSR count). The molecule has 0 saturated carbocycles. The van der Waals surface area contributed by atoms with Gasteiger partial charge in [-0.3, -0.25) is 4.79 Å². The Kier molecular flexibility index (Phi) is 4.44. The van der Waals surface area contributed by atoms with E-state index in [0.29, 0.717) is 28.5 Å². The van der Waals surface area contributed by atoms with Gasteiger partial charge in [-0.25, -0.2) is 0 Å². The van der Waals surface area contributed by atoms with E-state index in [2.05, 4.69) is 5.32 Å². The fourth-order valence-corrected chi connectivity index (χ4v) is 2.29. The van der Waals surface area contributed by atoms with Crippen LogP contribution in [0.5, 0.6) is 23.0 Å². The molecule has 0 bridgehead atoms. The van der Waals surface area contributed by atoms with Crippen molar-refractivity contribution in [3.05, 3.63) is 47.5 Å². The van der Waals surface area contributed by atoms with E-state index in [9.17, 15) is 15.2 Å². The molecule has 0 spiro atoms. The quantitative estimate of drug-likeness (QED) is 0.505. The van der Waals surface area contributed by atoms with E-state index in [1.54, 1.807) is 12.1 Å². The Bertz CT molecular complexity index is 882. The maximum atomic E-state index is 12.3. The largest absolute Gasteiger partial charge is 0.508 e. The third kappa shape index (κ3) is 3.48. The van der Waals surface area contributed by atoms with Crippen molar-refractivity contribution in [3.8, 4) is 29.1 Å². The lowest BCUT2D eigenvalue weighted by molar-refractivity contribution is -0.112. The van der Waals surface area contributed by atoms with Gasteiger partial charge in [0.2, 0.25) is 12.5 Å². The van der Waals surface area contributed by atoms with Crippen molar-refractivity contribution in [1.29, 1.82) is 5.26 Å². The van der Waals surface area contributed by atoms with Crippen LogP contribution in [0.3, 0.4) is 0 Å². The van der Waals surface area contributed by atoms with Gasteiger partial charge in [-0.05, 0) is 48.0 Å². The number of phenolic OH excluding ortho intramolecular Hbond substituents is 1. The molecule has 0 aromatic heterocycles. The minimum absolute atomic E-state index is 0.0847. The van der Waals surface area contributed by atoms with Crippen LogP contribution in [-0.4, -0.2) is 24.9 Å². The van der Waals surface area contributed by atoms with Crippen LogP contribution in [0.2, 0.25) is 0 Å². The lowest BCUT2D eigenvalue weighted by Gasteiger charge is -2.07. The first-order valence-electron chi connectivity index (χ1n) is 7.30. The number of hydrogen-bond donors (Lipinski definition) is 2. The van der Waals surface area contributed by atoms with E-state index in [0.717, 1.165) is 0 Å². The van der Waals surface area contributed by atoms with Gasteiger partial charge in [0.15, 0.2) is 11.5 Å². The molecule has 0 fully saturated rings. The van der Waals surface area contributed by atoms with Crippen LogP contribution >= 0.6 is 0 Å². The molecule has 1 aliphatic rings. The summed E-state index contributed by atoms with van der Waals surface area (Å²) in [4.78, 5) is 12.3. The van der Waals surface area contributed by atoms with Crippen LogP contribution in [0.15, 0.2) is 42.0 Å². The molecule has 2 aromatic rings. The van der Waals surface area contributed by atoms with E-state index in [1.165, 1.54) is 37.5 Å². The van der Waals surface area contributed by atoms with Gasteiger partial charge in [-0.15, -0.1) is 0 Å². The summed E-state index contributed by atoms with van der Waals surface area (Å²) in [6.07, 6.45) is 1.43. The Morgan fingerprint density at radius 3 is 2.76 bits per heavy atom. The second kappa shape index (κ2) is 6.84. The SMILES string of the molecule is COc1cc(/C=C(/C#N)C(=O)Nc2ccc(O)cc2)cc2c1OCO2. The van der Waals surface area contributed by atoms with E-state index in [4.69, 9.17) is 14.2 Å². The minimum atomic E-state index is -0.565. The number of ether oxygens (including phenoxy) is 3. The molecule has 1 amide bonds. The second-order valence-electron chi connectivity index (χ2n) is 5.13. The predicted octanol–water partition coefficient (Wildman–Crippen LogP) is 2.68. The highest BCUT2D eigenvalue weighted by Crippen LogP contribution is 2.42. The standard InChI is InChI=1S/C18H14N2O5/c1-23-15-7-11(8-16-17(15)25-10-24-16)6-12(9-19)18(22)20-13-2-4-14(21)5-3-13/h2-8,21H,10H2,1H3,(H,20,22)/b12-6-. The van der Waals surface area contributed by atoms with Crippen molar-refractivity contribution < 1.29 is 24.1 Å². The molecule has 7 nitrogen and oxygen atoms in total. The number of nitrogens with zero attached hydrogens (tertiary/aromatic N) is 1. The number of phenols is 1. The summed E-state index contributed by atoms with van der Waals surface area (Å²) in [5, 5.41) is 21.1. The number of nitriles is 1. The number of methoxy groups -OCH3 is 1. The van der Waals surface area contributed by atoms with Gasteiger partial charge in [0, 0.05) is 5.69 Å². The van der Waals surface area contributed by atoms with Crippen molar-refractivity contribution in [2.45, 2.75) is 0 Å². The third-order valence-electron chi connectivity index (χ3n) is 3.48. The summed E-state index contributed by atoms with van der Waals surface area (Å²) in [5.41, 5.74) is 0.944. The number of anilines is 1. The van der Waals surface area contributed by atoms with Crippen molar-refractivity contribution in [1.82, 2.24) is 0 Å². The summed E-state index contributed by atoms with van der Waals surface area (Å²) >= 11 is 0. The molecule has 25 heavy (non-hydrogen) atoms. The molecule has 0 atom stereocenters. The zero-order valence-electron chi connectivity index (χ0n) is 13.3. The smallest absolute Gasteiger partial charge is 0.266 e. The second-order valence-corrected chi connectivity index (χ2v) is 5.13. The molecule has 1 heterocycles. The number of hydrogen-bond acceptors (Lipinski definition) is 6. The van der Waals surface area contributed by atoms with E-state index in [-0.39, 0.29) is 18.1 Å². The Morgan fingerprint density at radius 2 is 2.08 bits per heavy atom. The number of benzene rings is 2. The number of aromatic hydroxyl groups is 1. The monoisotopic (exact) mass is 338 g/mol. The normalized spacial score (nSPS) is 12.4. The number of nitrogens with one attached hydrogen (secondary N) is 1. The molecule has 0 unspecified atom stereocenters. The number of rotatable bonds is 4. The fraction of sp³-hybridized carbons (Fsp3) is 0.111. The highest BCUT2D eigenvalue weighted by Gasteiger charge is 2.20. The van der Waals surface area contributed by atoms with Crippen molar-refractivity contribution >= 4 is 17.7 Å².